The van der Waals surface area contributed by atoms with E-state index in [1.165, 1.54) is 18.9 Å². The van der Waals surface area contributed by atoms with Gasteiger partial charge in [-0.3, -0.25) is 9.80 Å². The first kappa shape index (κ1) is 12.6. The average Bonchev–Trinajstić information content (AvgIpc) is 3.26. The zero-order valence-corrected chi connectivity index (χ0v) is 11.0. The van der Waals surface area contributed by atoms with Crippen molar-refractivity contribution in [3.05, 3.63) is 35.1 Å². The van der Waals surface area contributed by atoms with Crippen molar-refractivity contribution in [2.24, 2.45) is 0 Å². The molecule has 0 amide bonds. The molecule has 1 heterocycles. The van der Waals surface area contributed by atoms with Gasteiger partial charge in [0.05, 0.1) is 11.6 Å². The third-order valence-electron chi connectivity index (χ3n) is 4.05. The number of hydrogen-bond donors (Lipinski definition) is 0. The highest BCUT2D eigenvalue weighted by molar-refractivity contribution is 5.32. The average molecular weight is 259 g/mol. The first-order valence-electron chi connectivity index (χ1n) is 6.91. The molecule has 0 atom stereocenters. The third kappa shape index (κ3) is 2.94. The Morgan fingerprint density at radius 2 is 1.95 bits per heavy atom. The minimum Gasteiger partial charge on any atom is -0.298 e. The fourth-order valence-corrected chi connectivity index (χ4v) is 2.71. The van der Waals surface area contributed by atoms with E-state index in [0.29, 0.717) is 17.7 Å². The summed E-state index contributed by atoms with van der Waals surface area (Å²) in [4.78, 5) is 4.84. The Kier molecular flexibility index (Phi) is 3.50. The summed E-state index contributed by atoms with van der Waals surface area (Å²) in [6, 6.07) is 7.55. The van der Waals surface area contributed by atoms with Crippen LogP contribution in [0.4, 0.5) is 4.39 Å². The summed E-state index contributed by atoms with van der Waals surface area (Å²) in [6.07, 6.45) is 2.70. The molecule has 1 aromatic carbocycles. The fourth-order valence-electron chi connectivity index (χ4n) is 2.71. The molecular weight excluding hydrogens is 241 g/mol. The van der Waals surface area contributed by atoms with E-state index in [0.717, 1.165) is 32.2 Å². The number of halogens is 1. The van der Waals surface area contributed by atoms with Crippen molar-refractivity contribution in [1.82, 2.24) is 9.80 Å². The van der Waals surface area contributed by atoms with Crippen molar-refractivity contribution in [2.45, 2.75) is 25.4 Å². The van der Waals surface area contributed by atoms with Gasteiger partial charge >= 0.3 is 0 Å². The van der Waals surface area contributed by atoms with Crippen LogP contribution in [-0.2, 0) is 6.54 Å². The van der Waals surface area contributed by atoms with E-state index in [4.69, 9.17) is 5.26 Å². The first-order chi connectivity index (χ1) is 9.26. The topological polar surface area (TPSA) is 30.3 Å². The smallest absolute Gasteiger partial charge is 0.129 e. The van der Waals surface area contributed by atoms with E-state index in [9.17, 15) is 4.39 Å². The highest BCUT2D eigenvalue weighted by Crippen LogP contribution is 2.27. The minimum atomic E-state index is -0.260. The molecule has 1 aliphatic carbocycles. The maximum atomic E-state index is 13.8. The summed E-state index contributed by atoms with van der Waals surface area (Å²) in [6.45, 7) is 4.87. The van der Waals surface area contributed by atoms with E-state index in [2.05, 4.69) is 9.80 Å². The number of piperazine rings is 1. The van der Waals surface area contributed by atoms with Crippen LogP contribution in [0, 0.1) is 17.1 Å². The van der Waals surface area contributed by atoms with Gasteiger partial charge in [0, 0.05) is 44.3 Å². The van der Waals surface area contributed by atoms with E-state index < -0.39 is 0 Å². The van der Waals surface area contributed by atoms with Crippen molar-refractivity contribution < 1.29 is 4.39 Å². The Bertz CT molecular complexity index is 497. The van der Waals surface area contributed by atoms with Crippen molar-refractivity contribution in [3.63, 3.8) is 0 Å². The van der Waals surface area contributed by atoms with E-state index in [1.54, 1.807) is 12.1 Å². The van der Waals surface area contributed by atoms with Gasteiger partial charge in [-0.25, -0.2) is 4.39 Å². The molecule has 0 aromatic heterocycles. The van der Waals surface area contributed by atoms with Crippen LogP contribution < -0.4 is 0 Å². The highest BCUT2D eigenvalue weighted by atomic mass is 19.1. The molecule has 0 bridgehead atoms. The van der Waals surface area contributed by atoms with Gasteiger partial charge in [0.15, 0.2) is 0 Å². The second-order valence-electron chi connectivity index (χ2n) is 5.46. The van der Waals surface area contributed by atoms with Gasteiger partial charge in [-0.05, 0) is 25.0 Å². The van der Waals surface area contributed by atoms with E-state index in [-0.39, 0.29) is 5.82 Å². The summed E-state index contributed by atoms with van der Waals surface area (Å²) in [5.74, 6) is -0.260. The molecule has 2 aliphatic rings. The lowest BCUT2D eigenvalue weighted by Gasteiger charge is -2.34. The molecule has 0 spiro atoms. The molecular formula is C15H18FN3. The zero-order valence-electron chi connectivity index (χ0n) is 11.0. The van der Waals surface area contributed by atoms with Gasteiger partial charge in [-0.2, -0.15) is 5.26 Å². The maximum Gasteiger partial charge on any atom is 0.129 e. The maximum absolute atomic E-state index is 13.8. The van der Waals surface area contributed by atoms with Crippen LogP contribution in [0.15, 0.2) is 18.2 Å². The third-order valence-corrected chi connectivity index (χ3v) is 4.05. The van der Waals surface area contributed by atoms with Gasteiger partial charge in [0.2, 0.25) is 0 Å². The summed E-state index contributed by atoms with van der Waals surface area (Å²) in [5, 5.41) is 8.73. The standard InChI is InChI=1S/C15H18FN3/c16-15-9-12(10-17)1-2-13(15)11-18-5-7-19(8-6-18)14-3-4-14/h1-2,9,14H,3-8,11H2. The SMILES string of the molecule is N#Cc1ccc(CN2CCN(C3CC3)CC2)c(F)c1. The van der Waals surface area contributed by atoms with Crippen LogP contribution in [0.5, 0.6) is 0 Å². The molecule has 1 aliphatic heterocycles. The van der Waals surface area contributed by atoms with Gasteiger partial charge in [0.1, 0.15) is 5.82 Å². The van der Waals surface area contributed by atoms with Gasteiger partial charge < -0.3 is 0 Å². The number of hydrogen-bond acceptors (Lipinski definition) is 3. The lowest BCUT2D eigenvalue weighted by atomic mass is 10.1. The molecule has 0 unspecified atom stereocenters. The predicted octanol–water partition coefficient (Wildman–Crippen LogP) is 1.98. The first-order valence-corrected chi connectivity index (χ1v) is 6.91. The number of nitriles is 1. The zero-order chi connectivity index (χ0) is 13.2. The van der Waals surface area contributed by atoms with Crippen molar-refractivity contribution in [1.29, 1.82) is 5.26 Å². The lowest BCUT2D eigenvalue weighted by molar-refractivity contribution is 0.120. The molecule has 2 fully saturated rings. The van der Waals surface area contributed by atoms with Crippen LogP contribution in [0.25, 0.3) is 0 Å². The fraction of sp³-hybridized carbons (Fsp3) is 0.533. The van der Waals surface area contributed by atoms with Crippen molar-refractivity contribution in [3.8, 4) is 6.07 Å². The second kappa shape index (κ2) is 5.28. The molecule has 3 nitrogen and oxygen atoms in total. The van der Waals surface area contributed by atoms with E-state index in [1.807, 2.05) is 6.07 Å². The van der Waals surface area contributed by atoms with E-state index >= 15 is 0 Å². The van der Waals surface area contributed by atoms with Crippen LogP contribution >= 0.6 is 0 Å². The molecule has 19 heavy (non-hydrogen) atoms. The Hall–Kier alpha value is -1.44. The Morgan fingerprint density at radius 1 is 1.21 bits per heavy atom. The minimum absolute atomic E-state index is 0.260. The highest BCUT2D eigenvalue weighted by Gasteiger charge is 2.31. The molecule has 1 saturated carbocycles. The number of benzene rings is 1. The molecule has 1 saturated heterocycles. The van der Waals surface area contributed by atoms with Crippen molar-refractivity contribution >= 4 is 0 Å². The molecule has 1 aromatic rings. The number of rotatable bonds is 3. The van der Waals surface area contributed by atoms with Gasteiger partial charge in [0.25, 0.3) is 0 Å². The van der Waals surface area contributed by atoms with Crippen LogP contribution in [0.1, 0.15) is 24.0 Å². The molecule has 4 heteroatoms. The molecule has 0 radical (unpaired) electrons. The molecule has 3 rings (SSSR count). The molecule has 100 valence electrons. The monoisotopic (exact) mass is 259 g/mol. The quantitative estimate of drug-likeness (QED) is 0.831. The lowest BCUT2D eigenvalue weighted by Crippen LogP contribution is -2.46. The summed E-state index contributed by atoms with van der Waals surface area (Å²) < 4.78 is 13.8. The normalized spacial score (nSPS) is 21.3. The van der Waals surface area contributed by atoms with Gasteiger partial charge in [-0.1, -0.05) is 6.07 Å². The predicted molar refractivity (Wildman–Crippen MR) is 71.0 cm³/mol. The van der Waals surface area contributed by atoms with Crippen LogP contribution in [0.2, 0.25) is 0 Å². The van der Waals surface area contributed by atoms with Crippen LogP contribution in [0.3, 0.4) is 0 Å². The largest absolute Gasteiger partial charge is 0.298 e. The van der Waals surface area contributed by atoms with Crippen LogP contribution in [-0.4, -0.2) is 42.0 Å². The second-order valence-corrected chi connectivity index (χ2v) is 5.46. The van der Waals surface area contributed by atoms with Gasteiger partial charge in [-0.15, -0.1) is 0 Å². The summed E-state index contributed by atoms with van der Waals surface area (Å²) in [5.41, 5.74) is 1.08. The number of nitrogens with zero attached hydrogens (tertiary/aromatic N) is 3. The molecule has 0 N–H and O–H groups in total. The van der Waals surface area contributed by atoms with Crippen molar-refractivity contribution in [2.75, 3.05) is 26.2 Å². The Balaban J connectivity index is 1.58. The summed E-state index contributed by atoms with van der Waals surface area (Å²) in [7, 11) is 0. The summed E-state index contributed by atoms with van der Waals surface area (Å²) >= 11 is 0. The Labute approximate surface area is 113 Å². The Morgan fingerprint density at radius 3 is 2.53 bits per heavy atom.